The lowest BCUT2D eigenvalue weighted by Crippen LogP contribution is -2.30. The van der Waals surface area contributed by atoms with Gasteiger partial charge in [0, 0.05) is 17.5 Å². The quantitative estimate of drug-likeness (QED) is 0.419. The highest BCUT2D eigenvalue weighted by Crippen LogP contribution is 2.31. The fourth-order valence-electron chi connectivity index (χ4n) is 3.88. The van der Waals surface area contributed by atoms with Gasteiger partial charge in [-0.3, -0.25) is 14.1 Å². The number of ether oxygens (including phenoxy) is 1. The fraction of sp³-hybridized carbons (Fsp3) is 0.292. The molecule has 1 aliphatic rings. The Morgan fingerprint density at radius 1 is 1.09 bits per heavy atom. The van der Waals surface area contributed by atoms with Gasteiger partial charge in [-0.05, 0) is 69.2 Å². The fourth-order valence-corrected chi connectivity index (χ4v) is 5.04. The molecule has 3 aromatic rings. The number of rotatable bonds is 6. The van der Waals surface area contributed by atoms with Crippen LogP contribution in [-0.4, -0.2) is 44.1 Å². The molecule has 0 amide bonds. The molecule has 4 rings (SSSR count). The number of esters is 1. The number of nitrogens with zero attached hydrogens (tertiary/aromatic N) is 2. The van der Waals surface area contributed by atoms with Crippen LogP contribution in [0.5, 0.6) is 0 Å². The zero-order valence-corrected chi connectivity index (χ0v) is 19.0. The molecule has 32 heavy (non-hydrogen) atoms. The second-order valence-electron chi connectivity index (χ2n) is 7.88. The van der Waals surface area contributed by atoms with Crippen molar-refractivity contribution in [1.29, 1.82) is 0 Å². The Morgan fingerprint density at radius 2 is 1.88 bits per heavy atom. The average molecular weight is 453 g/mol. The van der Waals surface area contributed by atoms with E-state index in [2.05, 4.69) is 4.98 Å². The summed E-state index contributed by atoms with van der Waals surface area (Å²) in [6.07, 6.45) is 0.539. The van der Waals surface area contributed by atoms with E-state index in [-0.39, 0.29) is 11.5 Å². The minimum Gasteiger partial charge on any atom is -0.454 e. The summed E-state index contributed by atoms with van der Waals surface area (Å²) in [6, 6.07) is 12.4. The third kappa shape index (κ3) is 4.10. The number of aryl methyl sites for hydroxylation is 2. The maximum Gasteiger partial charge on any atom is 0.340 e. The largest absolute Gasteiger partial charge is 0.454 e. The van der Waals surface area contributed by atoms with E-state index in [4.69, 9.17) is 4.74 Å². The smallest absolute Gasteiger partial charge is 0.340 e. The topological polar surface area (TPSA) is 93.6 Å². The Kier molecular flexibility index (Phi) is 5.73. The molecule has 0 atom stereocenters. The highest BCUT2D eigenvalue weighted by molar-refractivity contribution is 7.92. The number of aromatic nitrogens is 1. The van der Waals surface area contributed by atoms with E-state index in [0.717, 1.165) is 22.0 Å². The minimum atomic E-state index is -3.35. The maximum absolute atomic E-state index is 12.6. The Morgan fingerprint density at radius 3 is 2.62 bits per heavy atom. The number of carbonyl (C=O) groups is 2. The Labute approximate surface area is 187 Å². The van der Waals surface area contributed by atoms with Gasteiger partial charge in [-0.1, -0.05) is 11.6 Å². The first-order valence-electron chi connectivity index (χ1n) is 10.4. The molecule has 2 heterocycles. The molecular weight excluding hydrogens is 428 g/mol. The molecular formula is C24H24N2O5S. The van der Waals surface area contributed by atoms with Gasteiger partial charge in [-0.15, -0.1) is 0 Å². The van der Waals surface area contributed by atoms with Crippen LogP contribution in [0.25, 0.3) is 10.9 Å². The van der Waals surface area contributed by atoms with Gasteiger partial charge in [0.2, 0.25) is 10.0 Å². The standard InChI is InChI=1S/C24H24N2O5S/c1-4-32(29,30)26-10-9-17-12-18(6-8-22(17)26)23(27)14-31-24(28)20-13-19-11-15(2)5-7-21(19)25-16(20)3/h5-8,11-13H,4,9-10,14H2,1-3H3. The van der Waals surface area contributed by atoms with E-state index in [1.807, 2.05) is 25.1 Å². The molecule has 1 aliphatic heterocycles. The molecule has 0 bridgehead atoms. The summed E-state index contributed by atoms with van der Waals surface area (Å²) in [5.74, 6) is -0.931. The SMILES string of the molecule is CCS(=O)(=O)N1CCc2cc(C(=O)COC(=O)c3cc4cc(C)ccc4nc3C)ccc21. The highest BCUT2D eigenvalue weighted by Gasteiger charge is 2.28. The molecule has 166 valence electrons. The number of anilines is 1. The second-order valence-corrected chi connectivity index (χ2v) is 10.1. The van der Waals surface area contributed by atoms with Gasteiger partial charge in [0.1, 0.15) is 0 Å². The number of ketones is 1. The number of fused-ring (bicyclic) bond motifs is 2. The Bertz CT molecular complexity index is 1350. The number of hydrogen-bond donors (Lipinski definition) is 0. The van der Waals surface area contributed by atoms with Crippen molar-refractivity contribution in [3.63, 3.8) is 0 Å². The maximum atomic E-state index is 12.6. The van der Waals surface area contributed by atoms with Gasteiger partial charge in [0.15, 0.2) is 12.4 Å². The molecule has 0 N–H and O–H groups in total. The minimum absolute atomic E-state index is 0.0195. The Balaban J connectivity index is 1.48. The molecule has 0 radical (unpaired) electrons. The summed E-state index contributed by atoms with van der Waals surface area (Å²) in [5.41, 5.74) is 4.49. The van der Waals surface area contributed by atoms with Crippen molar-refractivity contribution in [2.45, 2.75) is 27.2 Å². The van der Waals surface area contributed by atoms with Crippen molar-refractivity contribution in [2.24, 2.45) is 0 Å². The third-order valence-electron chi connectivity index (χ3n) is 5.67. The van der Waals surface area contributed by atoms with Crippen LogP contribution in [0.1, 0.15) is 44.5 Å². The summed E-state index contributed by atoms with van der Waals surface area (Å²) in [5, 5.41) is 0.832. The number of carbonyl (C=O) groups excluding carboxylic acids is 2. The molecule has 0 saturated heterocycles. The van der Waals surface area contributed by atoms with Crippen molar-refractivity contribution in [3.8, 4) is 0 Å². The first-order valence-corrected chi connectivity index (χ1v) is 12.0. The van der Waals surface area contributed by atoms with Crippen LogP contribution in [0, 0.1) is 13.8 Å². The van der Waals surface area contributed by atoms with Crippen LogP contribution in [0.3, 0.4) is 0 Å². The monoisotopic (exact) mass is 452 g/mol. The lowest BCUT2D eigenvalue weighted by Gasteiger charge is -2.18. The van der Waals surface area contributed by atoms with Crippen molar-refractivity contribution in [1.82, 2.24) is 4.98 Å². The molecule has 7 nitrogen and oxygen atoms in total. The summed E-state index contributed by atoms with van der Waals surface area (Å²) in [4.78, 5) is 29.7. The normalized spacial score (nSPS) is 13.3. The van der Waals surface area contributed by atoms with Crippen LogP contribution in [0.2, 0.25) is 0 Å². The van der Waals surface area contributed by atoms with Crippen molar-refractivity contribution >= 4 is 38.4 Å². The van der Waals surface area contributed by atoms with E-state index in [9.17, 15) is 18.0 Å². The van der Waals surface area contributed by atoms with Crippen LogP contribution in [0.15, 0.2) is 42.5 Å². The summed E-state index contributed by atoms with van der Waals surface area (Å²) >= 11 is 0. The molecule has 1 aromatic heterocycles. The lowest BCUT2D eigenvalue weighted by atomic mass is 10.1. The van der Waals surface area contributed by atoms with Crippen LogP contribution in [0.4, 0.5) is 5.69 Å². The molecule has 8 heteroatoms. The lowest BCUT2D eigenvalue weighted by molar-refractivity contribution is 0.0473. The van der Waals surface area contributed by atoms with E-state index in [1.54, 1.807) is 38.1 Å². The number of pyridine rings is 1. The van der Waals surface area contributed by atoms with Gasteiger partial charge in [0.05, 0.1) is 28.2 Å². The van der Waals surface area contributed by atoms with Gasteiger partial charge in [0.25, 0.3) is 0 Å². The molecule has 0 aliphatic carbocycles. The second kappa shape index (κ2) is 8.35. The van der Waals surface area contributed by atoms with Crippen molar-refractivity contribution < 1.29 is 22.7 Å². The number of sulfonamides is 1. The predicted molar refractivity (Wildman–Crippen MR) is 123 cm³/mol. The van der Waals surface area contributed by atoms with E-state index >= 15 is 0 Å². The highest BCUT2D eigenvalue weighted by atomic mass is 32.2. The zero-order valence-electron chi connectivity index (χ0n) is 18.2. The Hall–Kier alpha value is -3.26. The number of benzene rings is 2. The van der Waals surface area contributed by atoms with E-state index in [0.29, 0.717) is 35.5 Å². The van der Waals surface area contributed by atoms with Gasteiger partial charge >= 0.3 is 5.97 Å². The molecule has 0 unspecified atom stereocenters. The zero-order chi connectivity index (χ0) is 23.0. The summed E-state index contributed by atoms with van der Waals surface area (Å²) < 4.78 is 31.1. The van der Waals surface area contributed by atoms with Crippen LogP contribution < -0.4 is 4.31 Å². The van der Waals surface area contributed by atoms with Gasteiger partial charge < -0.3 is 4.74 Å². The molecule has 2 aromatic carbocycles. The number of hydrogen-bond acceptors (Lipinski definition) is 6. The van der Waals surface area contributed by atoms with Crippen LogP contribution in [-0.2, 0) is 21.2 Å². The van der Waals surface area contributed by atoms with E-state index in [1.165, 1.54) is 4.31 Å². The number of Topliss-reactive ketones (excluding diaryl/α,β-unsaturated/α-hetero) is 1. The van der Waals surface area contributed by atoms with E-state index < -0.39 is 22.6 Å². The first kappa shape index (κ1) is 22.0. The molecule has 0 fully saturated rings. The van der Waals surface area contributed by atoms with Crippen molar-refractivity contribution in [2.75, 3.05) is 23.2 Å². The van der Waals surface area contributed by atoms with Crippen molar-refractivity contribution in [3.05, 3.63) is 70.4 Å². The van der Waals surface area contributed by atoms with Gasteiger partial charge in [-0.2, -0.15) is 0 Å². The summed E-state index contributed by atoms with van der Waals surface area (Å²) in [6.45, 7) is 5.26. The third-order valence-corrected chi connectivity index (χ3v) is 7.45. The predicted octanol–water partition coefficient (Wildman–Crippen LogP) is 3.60. The molecule has 0 saturated carbocycles. The first-order chi connectivity index (χ1) is 15.2. The van der Waals surface area contributed by atoms with Gasteiger partial charge in [-0.25, -0.2) is 13.2 Å². The summed E-state index contributed by atoms with van der Waals surface area (Å²) in [7, 11) is -3.35. The van der Waals surface area contributed by atoms with Crippen LogP contribution >= 0.6 is 0 Å². The average Bonchev–Trinajstić information content (AvgIpc) is 3.21. The molecule has 0 spiro atoms.